The number of nitrogens with zero attached hydrogens (tertiary/aromatic N) is 1. The first kappa shape index (κ1) is 22.6. The SMILES string of the molecule is CSC(C1CCNCC1)[C@H](NC1CCc2ccccc2N(CC(=O)O)C1=O)C(=O)O. The number of benzene rings is 1. The van der Waals surface area contributed by atoms with Crippen molar-refractivity contribution in [3.05, 3.63) is 29.8 Å². The Bertz CT molecular complexity index is 784. The summed E-state index contributed by atoms with van der Waals surface area (Å²) in [4.78, 5) is 38.1. The van der Waals surface area contributed by atoms with Crippen LogP contribution in [-0.4, -0.2) is 71.3 Å². The van der Waals surface area contributed by atoms with Crippen LogP contribution in [0.3, 0.4) is 0 Å². The summed E-state index contributed by atoms with van der Waals surface area (Å²) in [5.74, 6) is -2.24. The van der Waals surface area contributed by atoms with Gasteiger partial charge in [-0.1, -0.05) is 18.2 Å². The number of aliphatic carboxylic acids is 2. The second-order valence-corrected chi connectivity index (χ2v) is 8.82. The molecule has 1 fully saturated rings. The van der Waals surface area contributed by atoms with Crippen molar-refractivity contribution in [1.82, 2.24) is 10.6 Å². The molecule has 1 amide bonds. The number of para-hydroxylation sites is 1. The summed E-state index contributed by atoms with van der Waals surface area (Å²) in [6.45, 7) is 1.27. The van der Waals surface area contributed by atoms with Crippen LogP contribution >= 0.6 is 11.8 Å². The van der Waals surface area contributed by atoms with Crippen molar-refractivity contribution < 1.29 is 24.6 Å². The van der Waals surface area contributed by atoms with E-state index in [0.29, 0.717) is 18.5 Å². The van der Waals surface area contributed by atoms with Gasteiger partial charge in [-0.3, -0.25) is 24.6 Å². The van der Waals surface area contributed by atoms with E-state index in [1.54, 1.807) is 12.1 Å². The topological polar surface area (TPSA) is 119 Å². The molecule has 0 bridgehead atoms. The molecule has 164 valence electrons. The summed E-state index contributed by atoms with van der Waals surface area (Å²) in [7, 11) is 0. The maximum atomic E-state index is 13.3. The Hall–Kier alpha value is -2.10. The molecule has 2 aliphatic heterocycles. The van der Waals surface area contributed by atoms with Gasteiger partial charge in [0.15, 0.2) is 0 Å². The molecule has 2 heterocycles. The van der Waals surface area contributed by atoms with Crippen LogP contribution in [0.5, 0.6) is 0 Å². The second kappa shape index (κ2) is 10.3. The molecule has 1 aromatic rings. The summed E-state index contributed by atoms with van der Waals surface area (Å²) >= 11 is 1.52. The molecule has 0 aromatic heterocycles. The molecule has 1 aromatic carbocycles. The van der Waals surface area contributed by atoms with E-state index in [2.05, 4.69) is 10.6 Å². The zero-order valence-electron chi connectivity index (χ0n) is 17.0. The number of carboxylic acid groups (broad SMARTS) is 2. The summed E-state index contributed by atoms with van der Waals surface area (Å²) in [5.41, 5.74) is 1.48. The van der Waals surface area contributed by atoms with Crippen LogP contribution < -0.4 is 15.5 Å². The van der Waals surface area contributed by atoms with E-state index in [1.807, 2.05) is 18.4 Å². The van der Waals surface area contributed by atoms with Crippen molar-refractivity contribution >= 4 is 35.3 Å². The third-order valence-electron chi connectivity index (χ3n) is 5.94. The van der Waals surface area contributed by atoms with Gasteiger partial charge in [0.2, 0.25) is 5.91 Å². The number of carbonyl (C=O) groups is 3. The van der Waals surface area contributed by atoms with Gasteiger partial charge in [0.1, 0.15) is 12.6 Å². The number of anilines is 1. The van der Waals surface area contributed by atoms with Crippen LogP contribution in [-0.2, 0) is 20.8 Å². The Morgan fingerprint density at radius 1 is 1.23 bits per heavy atom. The quantitative estimate of drug-likeness (QED) is 0.481. The van der Waals surface area contributed by atoms with Gasteiger partial charge in [0.05, 0.1) is 6.04 Å². The monoisotopic (exact) mass is 435 g/mol. The molecule has 1 saturated heterocycles. The Kier molecular flexibility index (Phi) is 7.74. The van der Waals surface area contributed by atoms with Gasteiger partial charge in [-0.2, -0.15) is 11.8 Å². The van der Waals surface area contributed by atoms with Crippen LogP contribution in [0.4, 0.5) is 5.69 Å². The molecule has 4 N–H and O–H groups in total. The second-order valence-electron chi connectivity index (χ2n) is 7.81. The number of carboxylic acids is 2. The highest BCUT2D eigenvalue weighted by atomic mass is 32.2. The summed E-state index contributed by atoms with van der Waals surface area (Å²) in [6.07, 6.45) is 4.69. The Morgan fingerprint density at radius 2 is 1.93 bits per heavy atom. The van der Waals surface area contributed by atoms with Gasteiger partial charge >= 0.3 is 11.9 Å². The predicted octanol–water partition coefficient (Wildman–Crippen LogP) is 1.19. The Labute approximate surface area is 180 Å². The van der Waals surface area contributed by atoms with Gasteiger partial charge < -0.3 is 15.5 Å². The highest BCUT2D eigenvalue weighted by Crippen LogP contribution is 2.30. The van der Waals surface area contributed by atoms with Crippen molar-refractivity contribution in [3.63, 3.8) is 0 Å². The average molecular weight is 436 g/mol. The molecule has 0 radical (unpaired) electrons. The molecule has 8 nitrogen and oxygen atoms in total. The molecule has 0 spiro atoms. The van der Waals surface area contributed by atoms with Crippen molar-refractivity contribution in [2.45, 2.75) is 43.0 Å². The predicted molar refractivity (Wildman–Crippen MR) is 116 cm³/mol. The number of amides is 1. The number of aryl methyl sites for hydroxylation is 1. The zero-order chi connectivity index (χ0) is 21.7. The van der Waals surface area contributed by atoms with Crippen molar-refractivity contribution in [1.29, 1.82) is 0 Å². The summed E-state index contributed by atoms with van der Waals surface area (Å²) < 4.78 is 0. The minimum absolute atomic E-state index is 0.170. The minimum atomic E-state index is -1.11. The lowest BCUT2D eigenvalue weighted by Gasteiger charge is -2.35. The van der Waals surface area contributed by atoms with Gasteiger partial charge in [-0.25, -0.2) is 0 Å². The molecule has 9 heteroatoms. The first-order valence-corrected chi connectivity index (χ1v) is 11.5. The van der Waals surface area contributed by atoms with E-state index < -0.39 is 36.5 Å². The number of thioether (sulfide) groups is 1. The molecule has 3 rings (SSSR count). The lowest BCUT2D eigenvalue weighted by molar-refractivity contribution is -0.141. The Morgan fingerprint density at radius 3 is 2.57 bits per heavy atom. The average Bonchev–Trinajstić information content (AvgIpc) is 2.86. The highest BCUT2D eigenvalue weighted by Gasteiger charge is 2.39. The first-order valence-electron chi connectivity index (χ1n) is 10.3. The summed E-state index contributed by atoms with van der Waals surface area (Å²) in [6, 6.07) is 5.62. The number of carbonyl (C=O) groups excluding carboxylic acids is 1. The zero-order valence-corrected chi connectivity index (χ0v) is 17.9. The highest BCUT2D eigenvalue weighted by molar-refractivity contribution is 7.99. The number of fused-ring (bicyclic) bond motifs is 1. The number of hydrogen-bond donors (Lipinski definition) is 4. The van der Waals surface area contributed by atoms with Gasteiger partial charge in [0.25, 0.3) is 0 Å². The number of nitrogens with one attached hydrogen (secondary N) is 2. The van der Waals surface area contributed by atoms with Crippen LogP contribution in [0.1, 0.15) is 24.8 Å². The van der Waals surface area contributed by atoms with Crippen molar-refractivity contribution in [3.8, 4) is 0 Å². The number of piperidine rings is 1. The molecule has 3 atom stereocenters. The third-order valence-corrected chi connectivity index (χ3v) is 7.14. The van der Waals surface area contributed by atoms with E-state index in [-0.39, 0.29) is 11.2 Å². The van der Waals surface area contributed by atoms with E-state index >= 15 is 0 Å². The molecular formula is C21H29N3O5S. The third kappa shape index (κ3) is 5.14. The van der Waals surface area contributed by atoms with Crippen molar-refractivity contribution in [2.75, 3.05) is 30.8 Å². The molecule has 0 aliphatic carbocycles. The number of rotatable bonds is 8. The van der Waals surface area contributed by atoms with Gasteiger partial charge in [0, 0.05) is 10.9 Å². The van der Waals surface area contributed by atoms with Crippen LogP contribution in [0.15, 0.2) is 24.3 Å². The molecule has 0 saturated carbocycles. The normalized spacial score (nSPS) is 22.1. The van der Waals surface area contributed by atoms with Crippen molar-refractivity contribution in [2.24, 2.45) is 5.92 Å². The standard InChI is InChI=1S/C21H29N3O5S/c1-30-19(14-8-10-22-11-9-14)18(21(28)29)23-15-7-6-13-4-2-3-5-16(13)24(20(15)27)12-17(25)26/h2-5,14-15,18-19,22-23H,6-12H2,1H3,(H,25,26)(H,28,29)/t15?,18-,19?/m0/s1. The largest absolute Gasteiger partial charge is 0.480 e. The molecular weight excluding hydrogens is 406 g/mol. The van der Waals surface area contributed by atoms with Crippen LogP contribution in [0.2, 0.25) is 0 Å². The maximum Gasteiger partial charge on any atom is 0.323 e. The van der Waals surface area contributed by atoms with E-state index in [0.717, 1.165) is 31.5 Å². The van der Waals surface area contributed by atoms with Gasteiger partial charge in [-0.05, 0) is 62.6 Å². The first-order chi connectivity index (χ1) is 14.4. The van der Waals surface area contributed by atoms with E-state index in [4.69, 9.17) is 0 Å². The Balaban J connectivity index is 1.84. The van der Waals surface area contributed by atoms with Crippen LogP contribution in [0, 0.1) is 5.92 Å². The lowest BCUT2D eigenvalue weighted by atomic mass is 9.89. The van der Waals surface area contributed by atoms with Gasteiger partial charge in [-0.15, -0.1) is 0 Å². The smallest absolute Gasteiger partial charge is 0.323 e. The lowest BCUT2D eigenvalue weighted by Crippen LogP contribution is -2.57. The molecule has 30 heavy (non-hydrogen) atoms. The fourth-order valence-corrected chi connectivity index (χ4v) is 5.59. The number of hydrogen-bond acceptors (Lipinski definition) is 6. The maximum absolute atomic E-state index is 13.3. The fraction of sp³-hybridized carbons (Fsp3) is 0.571. The molecule has 2 aliphatic rings. The molecule has 2 unspecified atom stereocenters. The summed E-state index contributed by atoms with van der Waals surface area (Å²) in [5, 5.41) is 25.5. The minimum Gasteiger partial charge on any atom is -0.480 e. The van der Waals surface area contributed by atoms with E-state index in [9.17, 15) is 24.6 Å². The van der Waals surface area contributed by atoms with E-state index in [1.165, 1.54) is 16.7 Å². The fourth-order valence-electron chi connectivity index (χ4n) is 4.47. The van der Waals surface area contributed by atoms with Crippen LogP contribution in [0.25, 0.3) is 0 Å².